The SMILES string of the molecule is CC(=O)N(C)C(C(=O)O)c1cscn1. The molecule has 1 aromatic rings. The molecule has 1 N–H and O–H groups in total. The number of nitrogens with zero attached hydrogens (tertiary/aromatic N) is 2. The van der Waals surface area contributed by atoms with Crippen LogP contribution < -0.4 is 0 Å². The number of aromatic nitrogens is 1. The average molecular weight is 214 g/mol. The van der Waals surface area contributed by atoms with Crippen LogP contribution in [0.3, 0.4) is 0 Å². The first-order valence-electron chi connectivity index (χ1n) is 3.88. The van der Waals surface area contributed by atoms with Crippen LogP contribution in [0.15, 0.2) is 10.9 Å². The number of rotatable bonds is 3. The third-order valence-corrected chi connectivity index (χ3v) is 2.45. The fourth-order valence-electron chi connectivity index (χ4n) is 1.03. The van der Waals surface area contributed by atoms with Gasteiger partial charge in [0, 0.05) is 19.4 Å². The molecule has 6 heteroatoms. The van der Waals surface area contributed by atoms with Gasteiger partial charge in [-0.3, -0.25) is 4.79 Å². The summed E-state index contributed by atoms with van der Waals surface area (Å²) in [4.78, 5) is 27.0. The second-order valence-electron chi connectivity index (χ2n) is 2.78. The van der Waals surface area contributed by atoms with Crippen molar-refractivity contribution >= 4 is 23.2 Å². The molecule has 0 aliphatic heterocycles. The summed E-state index contributed by atoms with van der Waals surface area (Å²) in [6, 6.07) is -0.987. The van der Waals surface area contributed by atoms with Crippen LogP contribution in [0, 0.1) is 0 Å². The van der Waals surface area contributed by atoms with Gasteiger partial charge in [0.25, 0.3) is 0 Å². The van der Waals surface area contributed by atoms with Crippen molar-refractivity contribution in [2.24, 2.45) is 0 Å². The Labute approximate surface area is 85.0 Å². The molecule has 1 amide bonds. The number of hydrogen-bond donors (Lipinski definition) is 1. The van der Waals surface area contributed by atoms with Crippen molar-refractivity contribution in [3.05, 3.63) is 16.6 Å². The molecule has 0 spiro atoms. The molecule has 0 saturated carbocycles. The Bertz CT molecular complexity index is 336. The summed E-state index contributed by atoms with van der Waals surface area (Å²) in [6.07, 6.45) is 0. The van der Waals surface area contributed by atoms with Crippen molar-refractivity contribution in [1.29, 1.82) is 0 Å². The van der Waals surface area contributed by atoms with E-state index in [9.17, 15) is 9.59 Å². The minimum absolute atomic E-state index is 0.301. The monoisotopic (exact) mass is 214 g/mol. The zero-order chi connectivity index (χ0) is 10.7. The van der Waals surface area contributed by atoms with Crippen LogP contribution in [0.5, 0.6) is 0 Å². The Morgan fingerprint density at radius 2 is 2.29 bits per heavy atom. The number of thiazole rings is 1. The summed E-state index contributed by atoms with van der Waals surface area (Å²) in [5.41, 5.74) is 1.93. The van der Waals surface area contributed by atoms with Gasteiger partial charge in [0.1, 0.15) is 0 Å². The smallest absolute Gasteiger partial charge is 0.332 e. The van der Waals surface area contributed by atoms with Crippen LogP contribution in [-0.4, -0.2) is 33.9 Å². The number of amides is 1. The van der Waals surface area contributed by atoms with E-state index in [4.69, 9.17) is 5.11 Å². The van der Waals surface area contributed by atoms with E-state index in [1.54, 1.807) is 10.9 Å². The Morgan fingerprint density at radius 3 is 2.64 bits per heavy atom. The maximum atomic E-state index is 11.0. The van der Waals surface area contributed by atoms with Gasteiger partial charge in [-0.25, -0.2) is 9.78 Å². The highest BCUT2D eigenvalue weighted by atomic mass is 32.1. The summed E-state index contributed by atoms with van der Waals surface area (Å²) >= 11 is 1.30. The molecule has 14 heavy (non-hydrogen) atoms. The van der Waals surface area contributed by atoms with Crippen LogP contribution in [0.2, 0.25) is 0 Å². The number of aliphatic carboxylic acids is 1. The lowest BCUT2D eigenvalue weighted by Gasteiger charge is -2.21. The second kappa shape index (κ2) is 4.19. The van der Waals surface area contributed by atoms with E-state index in [0.29, 0.717) is 5.69 Å². The summed E-state index contributed by atoms with van der Waals surface area (Å²) in [5, 5.41) is 10.6. The second-order valence-corrected chi connectivity index (χ2v) is 3.50. The normalized spacial score (nSPS) is 12.1. The maximum Gasteiger partial charge on any atom is 0.332 e. The third kappa shape index (κ3) is 2.08. The van der Waals surface area contributed by atoms with Crippen molar-refractivity contribution in [3.63, 3.8) is 0 Å². The van der Waals surface area contributed by atoms with Crippen molar-refractivity contribution in [3.8, 4) is 0 Å². The number of likely N-dealkylation sites (N-methyl/N-ethyl adjacent to an activating group) is 1. The highest BCUT2D eigenvalue weighted by Gasteiger charge is 2.27. The van der Waals surface area contributed by atoms with Gasteiger partial charge in [-0.05, 0) is 0 Å². The number of carboxylic acid groups (broad SMARTS) is 1. The first-order chi connectivity index (χ1) is 6.54. The fraction of sp³-hybridized carbons (Fsp3) is 0.375. The Balaban J connectivity index is 2.97. The fourth-order valence-corrected chi connectivity index (χ4v) is 1.60. The zero-order valence-corrected chi connectivity index (χ0v) is 8.61. The van der Waals surface area contributed by atoms with E-state index >= 15 is 0 Å². The molecule has 1 heterocycles. The standard InChI is InChI=1S/C8H10N2O3S/c1-5(11)10(2)7(8(12)13)6-3-14-4-9-6/h3-4,7H,1-2H3,(H,12,13). The first kappa shape index (κ1) is 10.6. The lowest BCUT2D eigenvalue weighted by molar-refractivity contribution is -0.148. The van der Waals surface area contributed by atoms with Crippen LogP contribution in [0.4, 0.5) is 0 Å². The van der Waals surface area contributed by atoms with E-state index in [-0.39, 0.29) is 5.91 Å². The number of carboxylic acids is 1. The van der Waals surface area contributed by atoms with Crippen LogP contribution in [-0.2, 0) is 9.59 Å². The molecule has 0 saturated heterocycles. The van der Waals surface area contributed by atoms with Gasteiger partial charge >= 0.3 is 5.97 Å². The molecule has 0 aromatic carbocycles. The molecular formula is C8H10N2O3S. The van der Waals surface area contributed by atoms with Crippen molar-refractivity contribution < 1.29 is 14.7 Å². The van der Waals surface area contributed by atoms with Gasteiger partial charge in [0.05, 0.1) is 11.2 Å². The van der Waals surface area contributed by atoms with Crippen LogP contribution in [0.25, 0.3) is 0 Å². The summed E-state index contributed by atoms with van der Waals surface area (Å²) in [6.45, 7) is 1.32. The van der Waals surface area contributed by atoms with Crippen molar-refractivity contribution in [1.82, 2.24) is 9.88 Å². The number of carbonyl (C=O) groups excluding carboxylic acids is 1. The molecule has 76 valence electrons. The van der Waals surface area contributed by atoms with E-state index in [1.165, 1.54) is 25.3 Å². The van der Waals surface area contributed by atoms with Crippen LogP contribution >= 0.6 is 11.3 Å². The lowest BCUT2D eigenvalue weighted by atomic mass is 10.2. The topological polar surface area (TPSA) is 70.5 Å². The highest BCUT2D eigenvalue weighted by molar-refractivity contribution is 7.07. The predicted octanol–water partition coefficient (Wildman–Crippen LogP) is 0.747. The summed E-state index contributed by atoms with van der Waals surface area (Å²) in [5.74, 6) is -1.38. The Kier molecular flexibility index (Phi) is 3.19. The average Bonchev–Trinajstić information content (AvgIpc) is 2.56. The molecule has 0 aliphatic carbocycles. The van der Waals surface area contributed by atoms with Gasteiger partial charge in [-0.15, -0.1) is 11.3 Å². The summed E-state index contributed by atoms with van der Waals surface area (Å²) < 4.78 is 0. The molecule has 0 aliphatic rings. The van der Waals surface area contributed by atoms with E-state index < -0.39 is 12.0 Å². The predicted molar refractivity (Wildman–Crippen MR) is 50.9 cm³/mol. The lowest BCUT2D eigenvalue weighted by Crippen LogP contribution is -2.34. The van der Waals surface area contributed by atoms with E-state index in [0.717, 1.165) is 4.90 Å². The minimum Gasteiger partial charge on any atom is -0.479 e. The Morgan fingerprint density at radius 1 is 1.64 bits per heavy atom. The van der Waals surface area contributed by atoms with Gasteiger partial charge in [-0.1, -0.05) is 0 Å². The maximum absolute atomic E-state index is 11.0. The molecule has 0 radical (unpaired) electrons. The largest absolute Gasteiger partial charge is 0.479 e. The Hall–Kier alpha value is -1.43. The van der Waals surface area contributed by atoms with E-state index in [2.05, 4.69) is 4.98 Å². The van der Waals surface area contributed by atoms with Crippen molar-refractivity contribution in [2.75, 3.05) is 7.05 Å². The van der Waals surface area contributed by atoms with Gasteiger partial charge in [0.15, 0.2) is 6.04 Å². The number of carbonyl (C=O) groups is 2. The van der Waals surface area contributed by atoms with E-state index in [1.807, 2.05) is 0 Å². The van der Waals surface area contributed by atoms with Crippen LogP contribution in [0.1, 0.15) is 18.7 Å². The quantitative estimate of drug-likeness (QED) is 0.805. The van der Waals surface area contributed by atoms with Crippen molar-refractivity contribution in [2.45, 2.75) is 13.0 Å². The first-order valence-corrected chi connectivity index (χ1v) is 4.82. The number of hydrogen-bond acceptors (Lipinski definition) is 4. The molecule has 1 rings (SSSR count). The molecule has 1 unspecified atom stereocenters. The molecular weight excluding hydrogens is 204 g/mol. The zero-order valence-electron chi connectivity index (χ0n) is 7.80. The van der Waals surface area contributed by atoms with Gasteiger partial charge < -0.3 is 10.0 Å². The molecule has 1 atom stereocenters. The minimum atomic E-state index is -1.08. The molecule has 5 nitrogen and oxygen atoms in total. The van der Waals surface area contributed by atoms with Gasteiger partial charge in [0.2, 0.25) is 5.91 Å². The molecule has 1 aromatic heterocycles. The van der Waals surface area contributed by atoms with Gasteiger partial charge in [-0.2, -0.15) is 0 Å². The third-order valence-electron chi connectivity index (χ3n) is 1.85. The molecule has 0 fully saturated rings. The summed E-state index contributed by atoms with van der Waals surface area (Å²) in [7, 11) is 1.44. The highest BCUT2D eigenvalue weighted by Crippen LogP contribution is 2.19. The molecule has 0 bridgehead atoms.